The van der Waals surface area contributed by atoms with E-state index in [4.69, 9.17) is 15.2 Å². The molecule has 6 rings (SSSR count). The normalized spacial score (nSPS) is 32.1. The van der Waals surface area contributed by atoms with Crippen LogP contribution in [0.15, 0.2) is 48.5 Å². The van der Waals surface area contributed by atoms with E-state index in [0.29, 0.717) is 12.0 Å². The van der Waals surface area contributed by atoms with Gasteiger partial charge in [-0.15, -0.1) is 0 Å². The number of nitrogens with two attached hydrogens (primary N) is 1. The van der Waals surface area contributed by atoms with E-state index in [1.54, 1.807) is 0 Å². The molecule has 0 aromatic heterocycles. The molecule has 3 nitrogen and oxygen atoms in total. The number of benzene rings is 2. The summed E-state index contributed by atoms with van der Waals surface area (Å²) in [5.41, 5.74) is 9.65. The Morgan fingerprint density at radius 2 is 1.75 bits per heavy atom. The Labute approximate surface area is 192 Å². The van der Waals surface area contributed by atoms with Crippen LogP contribution < -0.4 is 15.2 Å². The van der Waals surface area contributed by atoms with E-state index < -0.39 is 0 Å². The quantitative estimate of drug-likeness (QED) is 0.537. The molecule has 32 heavy (non-hydrogen) atoms. The van der Waals surface area contributed by atoms with E-state index in [9.17, 15) is 0 Å². The molecular weight excluding hydrogens is 394 g/mol. The summed E-state index contributed by atoms with van der Waals surface area (Å²) in [6.45, 7) is 0. The van der Waals surface area contributed by atoms with Gasteiger partial charge in [-0.25, -0.2) is 0 Å². The molecule has 0 spiro atoms. The van der Waals surface area contributed by atoms with E-state index in [0.717, 1.165) is 55.4 Å². The van der Waals surface area contributed by atoms with Crippen LogP contribution in [0.2, 0.25) is 0 Å². The lowest BCUT2D eigenvalue weighted by atomic mass is 9.67. The van der Waals surface area contributed by atoms with Crippen molar-refractivity contribution in [3.8, 4) is 11.5 Å². The number of ether oxygens (including phenoxy) is 2. The summed E-state index contributed by atoms with van der Waals surface area (Å²) >= 11 is 0. The first kappa shape index (κ1) is 20.6. The molecule has 4 aliphatic rings. The van der Waals surface area contributed by atoms with Crippen LogP contribution >= 0.6 is 0 Å². The van der Waals surface area contributed by atoms with Gasteiger partial charge in [0, 0.05) is 5.54 Å². The van der Waals surface area contributed by atoms with Crippen LogP contribution in [0.1, 0.15) is 81.4 Å². The van der Waals surface area contributed by atoms with E-state index in [1.807, 2.05) is 0 Å². The number of hydrogen-bond acceptors (Lipinski definition) is 3. The summed E-state index contributed by atoms with van der Waals surface area (Å²) in [5.74, 6) is 4.48. The average molecular weight is 432 g/mol. The highest BCUT2D eigenvalue weighted by Crippen LogP contribution is 2.49. The Balaban J connectivity index is 1.11. The van der Waals surface area contributed by atoms with Crippen molar-refractivity contribution in [1.82, 2.24) is 0 Å². The summed E-state index contributed by atoms with van der Waals surface area (Å²) in [4.78, 5) is 0. The number of rotatable bonds is 7. The highest BCUT2D eigenvalue weighted by molar-refractivity contribution is 5.42. The Hall–Kier alpha value is -2.00. The Bertz CT molecular complexity index is 935. The van der Waals surface area contributed by atoms with Crippen molar-refractivity contribution in [3.05, 3.63) is 59.7 Å². The highest BCUT2D eigenvalue weighted by atomic mass is 16.5. The first-order valence-electron chi connectivity index (χ1n) is 12.9. The molecule has 0 amide bonds. The molecule has 1 heterocycles. The molecule has 3 fully saturated rings. The maximum Gasteiger partial charge on any atom is 0.124 e. The summed E-state index contributed by atoms with van der Waals surface area (Å²) < 4.78 is 12.9. The first-order chi connectivity index (χ1) is 15.6. The van der Waals surface area contributed by atoms with E-state index in [2.05, 4.69) is 48.5 Å². The fraction of sp³-hybridized carbons (Fsp3) is 0.586. The zero-order chi connectivity index (χ0) is 21.5. The first-order valence-corrected chi connectivity index (χ1v) is 12.9. The molecule has 4 atom stereocenters. The van der Waals surface area contributed by atoms with E-state index in [1.165, 1.54) is 49.7 Å². The fourth-order valence-electron chi connectivity index (χ4n) is 6.16. The van der Waals surface area contributed by atoms with Gasteiger partial charge in [-0.3, -0.25) is 0 Å². The molecule has 1 aliphatic heterocycles. The Kier molecular flexibility index (Phi) is 5.41. The molecule has 0 radical (unpaired) electrons. The van der Waals surface area contributed by atoms with Gasteiger partial charge in [0.1, 0.15) is 17.6 Å². The van der Waals surface area contributed by atoms with Crippen molar-refractivity contribution < 1.29 is 9.47 Å². The molecule has 4 unspecified atom stereocenters. The van der Waals surface area contributed by atoms with Gasteiger partial charge < -0.3 is 15.2 Å². The van der Waals surface area contributed by atoms with Crippen LogP contribution in [0.3, 0.4) is 0 Å². The van der Waals surface area contributed by atoms with Crippen LogP contribution in [-0.2, 0) is 6.42 Å². The molecule has 3 aliphatic carbocycles. The lowest BCUT2D eigenvalue weighted by Crippen LogP contribution is -2.53. The van der Waals surface area contributed by atoms with Crippen LogP contribution in [-0.4, -0.2) is 11.6 Å². The van der Waals surface area contributed by atoms with Crippen molar-refractivity contribution >= 4 is 0 Å². The molecule has 0 saturated heterocycles. The van der Waals surface area contributed by atoms with Gasteiger partial charge in [0.2, 0.25) is 0 Å². The summed E-state index contributed by atoms with van der Waals surface area (Å²) in [7, 11) is 0. The summed E-state index contributed by atoms with van der Waals surface area (Å²) in [6, 6.07) is 17.0. The minimum absolute atomic E-state index is 0.0553. The second-order valence-corrected chi connectivity index (χ2v) is 11.1. The molecule has 2 aromatic carbocycles. The molecule has 3 heteroatoms. The molecule has 3 saturated carbocycles. The third-order valence-electron chi connectivity index (χ3n) is 8.42. The molecular formula is C29H37NO2. The molecule has 0 bridgehead atoms. The van der Waals surface area contributed by atoms with E-state index >= 15 is 0 Å². The van der Waals surface area contributed by atoms with Gasteiger partial charge in [-0.1, -0.05) is 56.0 Å². The average Bonchev–Trinajstić information content (AvgIpc) is 3.74. The topological polar surface area (TPSA) is 44.5 Å². The van der Waals surface area contributed by atoms with Crippen LogP contribution in [0.5, 0.6) is 11.5 Å². The lowest BCUT2D eigenvalue weighted by Gasteiger charge is -2.45. The number of fused-ring (bicyclic) bond motifs is 1. The van der Waals surface area contributed by atoms with Gasteiger partial charge >= 0.3 is 0 Å². The van der Waals surface area contributed by atoms with Gasteiger partial charge in [-0.05, 0) is 92.0 Å². The maximum atomic E-state index is 7.06. The van der Waals surface area contributed by atoms with Crippen molar-refractivity contribution in [3.63, 3.8) is 0 Å². The molecule has 2 aromatic rings. The van der Waals surface area contributed by atoms with Gasteiger partial charge in [0.15, 0.2) is 0 Å². The van der Waals surface area contributed by atoms with Gasteiger partial charge in [0.05, 0.1) is 6.10 Å². The third kappa shape index (κ3) is 4.55. The number of aryl methyl sites for hydroxylation is 1. The van der Waals surface area contributed by atoms with Crippen LogP contribution in [0.4, 0.5) is 0 Å². The third-order valence-corrected chi connectivity index (χ3v) is 8.42. The second kappa shape index (κ2) is 8.41. The Morgan fingerprint density at radius 1 is 0.938 bits per heavy atom. The van der Waals surface area contributed by atoms with Gasteiger partial charge in [0.25, 0.3) is 0 Å². The minimum atomic E-state index is 0.0553. The smallest absolute Gasteiger partial charge is 0.124 e. The number of hydrogen-bond donors (Lipinski definition) is 1. The van der Waals surface area contributed by atoms with Crippen molar-refractivity contribution in [2.45, 2.75) is 88.4 Å². The fourth-order valence-corrected chi connectivity index (χ4v) is 6.16. The zero-order valence-electron chi connectivity index (χ0n) is 19.2. The van der Waals surface area contributed by atoms with Crippen molar-refractivity contribution in [2.24, 2.45) is 23.5 Å². The predicted molar refractivity (Wildman–Crippen MR) is 128 cm³/mol. The predicted octanol–water partition coefficient (Wildman–Crippen LogP) is 6.60. The Morgan fingerprint density at radius 3 is 2.53 bits per heavy atom. The van der Waals surface area contributed by atoms with E-state index in [-0.39, 0.29) is 11.6 Å². The van der Waals surface area contributed by atoms with Gasteiger partial charge in [-0.2, -0.15) is 0 Å². The largest absolute Gasteiger partial charge is 0.490 e. The standard InChI is InChI=1S/C29H37NO2/c30-29(19-21-8-9-21)15-14-26(18-24(29)16-20-6-7-20)31-25-11-13-28-23(17-25)10-12-27(32-28)22-4-2-1-3-5-22/h1-5,11,13,17,20-21,24,26-27H,6-10,12,14-16,18-19,30H2. The SMILES string of the molecule is NC1(CC2CC2)CCC(Oc2ccc3c(c2)CCC(c2ccccc2)O3)CC1CC1CC1. The van der Waals surface area contributed by atoms with Crippen molar-refractivity contribution in [1.29, 1.82) is 0 Å². The minimum Gasteiger partial charge on any atom is -0.490 e. The second-order valence-electron chi connectivity index (χ2n) is 11.1. The maximum absolute atomic E-state index is 7.06. The van der Waals surface area contributed by atoms with Crippen molar-refractivity contribution in [2.75, 3.05) is 0 Å². The van der Waals surface area contributed by atoms with Crippen LogP contribution in [0, 0.1) is 17.8 Å². The summed E-state index contributed by atoms with van der Waals surface area (Å²) in [6.07, 6.45) is 14.0. The highest BCUT2D eigenvalue weighted by Gasteiger charge is 2.46. The lowest BCUT2D eigenvalue weighted by molar-refractivity contribution is 0.0556. The molecule has 170 valence electrons. The molecule has 2 N–H and O–H groups in total. The monoisotopic (exact) mass is 431 g/mol. The summed E-state index contributed by atoms with van der Waals surface area (Å²) in [5, 5.41) is 0. The van der Waals surface area contributed by atoms with Crippen LogP contribution in [0.25, 0.3) is 0 Å². The zero-order valence-corrected chi connectivity index (χ0v) is 19.2.